The minimum absolute atomic E-state index is 0.130. The third-order valence-corrected chi connectivity index (χ3v) is 4.15. The fraction of sp³-hybridized carbons (Fsp3) is 0.200. The molecule has 0 bridgehead atoms. The first-order valence-electron chi connectivity index (χ1n) is 6.19. The Balaban J connectivity index is 2.46. The van der Waals surface area contributed by atoms with Gasteiger partial charge in [0.25, 0.3) is 0 Å². The highest BCUT2D eigenvalue weighted by Gasteiger charge is 2.16. The van der Waals surface area contributed by atoms with E-state index >= 15 is 0 Å². The van der Waals surface area contributed by atoms with Crippen molar-refractivity contribution in [3.63, 3.8) is 0 Å². The Hall–Kier alpha value is -1.11. The molecule has 0 spiro atoms. The topological polar surface area (TPSA) is 44.5 Å². The van der Waals surface area contributed by atoms with Crippen molar-refractivity contribution in [2.45, 2.75) is 13.0 Å². The van der Waals surface area contributed by atoms with E-state index < -0.39 is 5.82 Å². The van der Waals surface area contributed by atoms with Crippen molar-refractivity contribution in [1.29, 1.82) is 0 Å². The number of rotatable bonds is 4. The summed E-state index contributed by atoms with van der Waals surface area (Å²) in [5.41, 5.74) is 6.47. The fourth-order valence-electron chi connectivity index (χ4n) is 1.85. The average molecular weight is 419 g/mol. The number of hydrogen-bond acceptors (Lipinski definition) is 3. The molecule has 6 heteroatoms. The molecule has 1 unspecified atom stereocenters. The molecule has 112 valence electrons. The van der Waals surface area contributed by atoms with Gasteiger partial charge in [-0.3, -0.25) is 0 Å². The summed E-state index contributed by atoms with van der Waals surface area (Å²) in [4.78, 5) is 0. The highest BCUT2D eigenvalue weighted by atomic mass is 79.9. The van der Waals surface area contributed by atoms with Gasteiger partial charge in [0.2, 0.25) is 0 Å². The average Bonchev–Trinajstić information content (AvgIpc) is 2.44. The summed E-state index contributed by atoms with van der Waals surface area (Å²) in [7, 11) is 1.57. The van der Waals surface area contributed by atoms with Crippen molar-refractivity contribution >= 4 is 31.9 Å². The molecule has 2 aromatic carbocycles. The molecular formula is C15H14Br2FNO2. The zero-order chi connectivity index (χ0) is 15.6. The Morgan fingerprint density at radius 3 is 2.38 bits per heavy atom. The van der Waals surface area contributed by atoms with E-state index in [-0.39, 0.29) is 11.8 Å². The quantitative estimate of drug-likeness (QED) is 0.744. The Morgan fingerprint density at radius 2 is 1.76 bits per heavy atom. The number of halogens is 3. The first-order chi connectivity index (χ1) is 9.93. The van der Waals surface area contributed by atoms with Crippen LogP contribution in [-0.4, -0.2) is 7.11 Å². The summed E-state index contributed by atoms with van der Waals surface area (Å²) in [6.45, 7) is 1.78. The third kappa shape index (κ3) is 3.56. The smallest absolute Gasteiger partial charge is 0.167 e. The number of nitrogens with two attached hydrogens (primary N) is 1. The lowest BCUT2D eigenvalue weighted by atomic mass is 10.1. The van der Waals surface area contributed by atoms with Crippen LogP contribution in [0, 0.1) is 5.82 Å². The van der Waals surface area contributed by atoms with E-state index in [1.807, 2.05) is 0 Å². The molecular weight excluding hydrogens is 405 g/mol. The third-order valence-electron chi connectivity index (χ3n) is 2.91. The van der Waals surface area contributed by atoms with Gasteiger partial charge in [0.05, 0.1) is 16.1 Å². The van der Waals surface area contributed by atoms with Gasteiger partial charge >= 0.3 is 0 Å². The largest absolute Gasteiger partial charge is 0.496 e. The Kier molecular flexibility index (Phi) is 5.24. The van der Waals surface area contributed by atoms with E-state index in [4.69, 9.17) is 15.2 Å². The van der Waals surface area contributed by atoms with Crippen LogP contribution in [0.2, 0.25) is 0 Å². The maximum atomic E-state index is 14.0. The number of ether oxygens (including phenoxy) is 2. The molecule has 1 atom stereocenters. The molecule has 0 fully saturated rings. The molecule has 3 nitrogen and oxygen atoms in total. The SMILES string of the molecule is COc1cc(Br)c(Oc2c(F)cccc2C(C)N)cc1Br. The minimum Gasteiger partial charge on any atom is -0.496 e. The fourth-order valence-corrected chi connectivity index (χ4v) is 2.73. The minimum atomic E-state index is -0.455. The maximum Gasteiger partial charge on any atom is 0.167 e. The molecule has 0 amide bonds. The molecule has 0 heterocycles. The summed E-state index contributed by atoms with van der Waals surface area (Å²) >= 11 is 6.76. The Labute approximate surface area is 139 Å². The van der Waals surface area contributed by atoms with E-state index in [0.29, 0.717) is 26.0 Å². The second kappa shape index (κ2) is 6.77. The summed E-state index contributed by atoms with van der Waals surface area (Å²) < 4.78 is 26.3. The molecule has 2 aromatic rings. The zero-order valence-corrected chi connectivity index (χ0v) is 14.7. The lowest BCUT2D eigenvalue weighted by molar-refractivity contribution is 0.406. The highest BCUT2D eigenvalue weighted by molar-refractivity contribution is 9.11. The van der Waals surface area contributed by atoms with Crippen LogP contribution in [0.3, 0.4) is 0 Å². The predicted octanol–water partition coefficient (Wildman–Crippen LogP) is 5.17. The maximum absolute atomic E-state index is 14.0. The van der Waals surface area contributed by atoms with Crippen molar-refractivity contribution < 1.29 is 13.9 Å². The number of methoxy groups -OCH3 is 1. The van der Waals surface area contributed by atoms with Crippen molar-refractivity contribution in [2.24, 2.45) is 5.73 Å². The second-order valence-electron chi connectivity index (χ2n) is 4.47. The highest BCUT2D eigenvalue weighted by Crippen LogP contribution is 2.40. The predicted molar refractivity (Wildman–Crippen MR) is 87.5 cm³/mol. The molecule has 0 aliphatic heterocycles. The van der Waals surface area contributed by atoms with Crippen molar-refractivity contribution in [3.8, 4) is 17.2 Å². The molecule has 0 saturated carbocycles. The first-order valence-corrected chi connectivity index (χ1v) is 7.77. The Morgan fingerprint density at radius 1 is 1.14 bits per heavy atom. The molecule has 0 radical (unpaired) electrons. The van der Waals surface area contributed by atoms with Gasteiger partial charge in [0, 0.05) is 11.6 Å². The van der Waals surface area contributed by atoms with Crippen LogP contribution in [0.4, 0.5) is 4.39 Å². The normalized spacial score (nSPS) is 12.1. The van der Waals surface area contributed by atoms with Gasteiger partial charge in [0.15, 0.2) is 11.6 Å². The van der Waals surface area contributed by atoms with E-state index in [0.717, 1.165) is 0 Å². The summed E-state index contributed by atoms with van der Waals surface area (Å²) in [5, 5.41) is 0. The molecule has 2 N–H and O–H groups in total. The summed E-state index contributed by atoms with van der Waals surface area (Å²) in [6, 6.07) is 7.81. The van der Waals surface area contributed by atoms with Crippen molar-refractivity contribution in [3.05, 3.63) is 50.7 Å². The number of benzene rings is 2. The van der Waals surface area contributed by atoms with E-state index in [1.54, 1.807) is 38.3 Å². The van der Waals surface area contributed by atoms with Crippen LogP contribution < -0.4 is 15.2 Å². The number of para-hydroxylation sites is 1. The van der Waals surface area contributed by atoms with Crippen LogP contribution in [-0.2, 0) is 0 Å². The standard InChI is InChI=1S/C15H14Br2FNO2/c1-8(19)9-4-3-5-12(18)15(9)21-14-7-10(16)13(20-2)6-11(14)17/h3-8H,19H2,1-2H3. The molecule has 0 aromatic heterocycles. The summed E-state index contributed by atoms with van der Waals surface area (Å²) in [6.07, 6.45) is 0. The van der Waals surface area contributed by atoms with Crippen LogP contribution in [0.1, 0.15) is 18.5 Å². The zero-order valence-electron chi connectivity index (χ0n) is 11.5. The van der Waals surface area contributed by atoms with Crippen molar-refractivity contribution in [2.75, 3.05) is 7.11 Å². The molecule has 2 rings (SSSR count). The van der Waals surface area contributed by atoms with Gasteiger partial charge in [-0.1, -0.05) is 12.1 Å². The van der Waals surface area contributed by atoms with Crippen LogP contribution in [0.15, 0.2) is 39.3 Å². The van der Waals surface area contributed by atoms with E-state index in [2.05, 4.69) is 31.9 Å². The van der Waals surface area contributed by atoms with Crippen molar-refractivity contribution in [1.82, 2.24) is 0 Å². The Bertz CT molecular complexity index is 662. The lowest BCUT2D eigenvalue weighted by Crippen LogP contribution is -2.07. The van der Waals surface area contributed by atoms with Crippen LogP contribution in [0.25, 0.3) is 0 Å². The van der Waals surface area contributed by atoms with Gasteiger partial charge in [-0.05, 0) is 57.0 Å². The lowest BCUT2D eigenvalue weighted by Gasteiger charge is -2.16. The van der Waals surface area contributed by atoms with Gasteiger partial charge in [-0.2, -0.15) is 0 Å². The van der Waals surface area contributed by atoms with Crippen LogP contribution in [0.5, 0.6) is 17.2 Å². The van der Waals surface area contributed by atoms with Crippen LogP contribution >= 0.6 is 31.9 Å². The number of hydrogen-bond donors (Lipinski definition) is 1. The van der Waals surface area contributed by atoms with Gasteiger partial charge < -0.3 is 15.2 Å². The molecule has 0 saturated heterocycles. The molecule has 0 aliphatic rings. The van der Waals surface area contributed by atoms with Gasteiger partial charge in [-0.25, -0.2) is 4.39 Å². The van der Waals surface area contributed by atoms with E-state index in [9.17, 15) is 4.39 Å². The van der Waals surface area contributed by atoms with Gasteiger partial charge in [0.1, 0.15) is 11.5 Å². The second-order valence-corrected chi connectivity index (χ2v) is 6.17. The summed E-state index contributed by atoms with van der Waals surface area (Å²) in [5.74, 6) is 0.791. The first kappa shape index (κ1) is 16.3. The molecule has 21 heavy (non-hydrogen) atoms. The van der Waals surface area contributed by atoms with Gasteiger partial charge in [-0.15, -0.1) is 0 Å². The monoisotopic (exact) mass is 417 g/mol. The molecule has 0 aliphatic carbocycles. The van der Waals surface area contributed by atoms with E-state index in [1.165, 1.54) is 6.07 Å².